The first-order valence-corrected chi connectivity index (χ1v) is 7.53. The van der Waals surface area contributed by atoms with Crippen molar-refractivity contribution < 1.29 is 14.3 Å². The molecule has 0 aliphatic carbocycles. The van der Waals surface area contributed by atoms with Gasteiger partial charge in [0.15, 0.2) is 0 Å². The summed E-state index contributed by atoms with van der Waals surface area (Å²) in [5, 5.41) is 2.77. The quantitative estimate of drug-likeness (QED) is 0.831. The van der Waals surface area contributed by atoms with Crippen LogP contribution in [0.1, 0.15) is 16.8 Å². The Bertz CT molecular complexity index is 613. The molecule has 2 amide bonds. The van der Waals surface area contributed by atoms with E-state index in [0.29, 0.717) is 25.1 Å². The highest BCUT2D eigenvalue weighted by Gasteiger charge is 2.27. The number of likely N-dealkylation sites (N-methyl/N-ethyl adjacent to an activating group) is 1. The molecule has 0 radical (unpaired) electrons. The average Bonchev–Trinajstić information content (AvgIpc) is 2.54. The van der Waals surface area contributed by atoms with Crippen LogP contribution in [0, 0.1) is 0 Å². The fourth-order valence-electron chi connectivity index (χ4n) is 2.47. The standard InChI is InChI=1S/C17H23N3O3/c1-5-8-18-16(21)10-13-11-23-15-7-6-12(17(22)19(2)3)9-14(15)20(13)4/h5-7,9,13H,1,8,10-11H2,2-4H3,(H,18,21). The molecule has 6 heteroatoms. The number of carbonyl (C=O) groups is 2. The van der Waals surface area contributed by atoms with Gasteiger partial charge in [0.25, 0.3) is 5.91 Å². The Morgan fingerprint density at radius 1 is 1.48 bits per heavy atom. The van der Waals surface area contributed by atoms with Gasteiger partial charge in [0.2, 0.25) is 5.91 Å². The maximum Gasteiger partial charge on any atom is 0.253 e. The summed E-state index contributed by atoms with van der Waals surface area (Å²) in [6.45, 7) is 4.47. The lowest BCUT2D eigenvalue weighted by molar-refractivity contribution is -0.121. The number of hydrogen-bond donors (Lipinski definition) is 1. The summed E-state index contributed by atoms with van der Waals surface area (Å²) in [5.74, 6) is 0.618. The minimum atomic E-state index is -0.0722. The van der Waals surface area contributed by atoms with Crippen LogP contribution in [-0.2, 0) is 4.79 Å². The molecule has 0 spiro atoms. The molecule has 1 heterocycles. The van der Waals surface area contributed by atoms with Gasteiger partial charge in [-0.1, -0.05) is 6.08 Å². The van der Waals surface area contributed by atoms with E-state index in [0.717, 1.165) is 11.4 Å². The van der Waals surface area contributed by atoms with E-state index in [-0.39, 0.29) is 17.9 Å². The van der Waals surface area contributed by atoms with Gasteiger partial charge in [0, 0.05) is 33.3 Å². The van der Waals surface area contributed by atoms with Gasteiger partial charge in [-0.3, -0.25) is 9.59 Å². The lowest BCUT2D eigenvalue weighted by Crippen LogP contribution is -2.44. The van der Waals surface area contributed by atoms with Crippen molar-refractivity contribution in [3.8, 4) is 5.75 Å². The topological polar surface area (TPSA) is 61.9 Å². The molecule has 23 heavy (non-hydrogen) atoms. The number of ether oxygens (including phenoxy) is 1. The summed E-state index contributed by atoms with van der Waals surface area (Å²) in [7, 11) is 5.35. The molecule has 1 atom stereocenters. The number of benzene rings is 1. The molecule has 1 aliphatic rings. The van der Waals surface area contributed by atoms with Crippen molar-refractivity contribution in [1.29, 1.82) is 0 Å². The Labute approximate surface area is 136 Å². The van der Waals surface area contributed by atoms with Crippen LogP contribution in [0.4, 0.5) is 5.69 Å². The van der Waals surface area contributed by atoms with E-state index in [4.69, 9.17) is 4.74 Å². The van der Waals surface area contributed by atoms with Crippen LogP contribution in [0.25, 0.3) is 0 Å². The lowest BCUT2D eigenvalue weighted by Gasteiger charge is -2.35. The smallest absolute Gasteiger partial charge is 0.253 e. The third kappa shape index (κ3) is 3.83. The lowest BCUT2D eigenvalue weighted by atomic mass is 10.1. The predicted octanol–water partition coefficient (Wildman–Crippen LogP) is 1.28. The fraction of sp³-hybridized carbons (Fsp3) is 0.412. The molecular formula is C17H23N3O3. The number of anilines is 1. The molecule has 0 aromatic heterocycles. The maximum atomic E-state index is 12.1. The highest BCUT2D eigenvalue weighted by atomic mass is 16.5. The Morgan fingerprint density at radius 3 is 2.87 bits per heavy atom. The number of nitrogens with zero attached hydrogens (tertiary/aromatic N) is 2. The zero-order valence-electron chi connectivity index (χ0n) is 13.8. The van der Waals surface area contributed by atoms with Gasteiger partial charge in [-0.2, -0.15) is 0 Å². The largest absolute Gasteiger partial charge is 0.489 e. The minimum absolute atomic E-state index is 0.0469. The highest BCUT2D eigenvalue weighted by Crippen LogP contribution is 2.34. The van der Waals surface area contributed by atoms with Gasteiger partial charge in [-0.05, 0) is 18.2 Å². The van der Waals surface area contributed by atoms with Crippen molar-refractivity contribution in [2.45, 2.75) is 12.5 Å². The summed E-state index contributed by atoms with van der Waals surface area (Å²) in [5.41, 5.74) is 1.42. The number of nitrogens with one attached hydrogen (secondary N) is 1. The Morgan fingerprint density at radius 2 is 2.22 bits per heavy atom. The minimum Gasteiger partial charge on any atom is -0.489 e. The highest BCUT2D eigenvalue weighted by molar-refractivity contribution is 5.95. The van der Waals surface area contributed by atoms with E-state index >= 15 is 0 Å². The molecule has 1 unspecified atom stereocenters. The number of carbonyl (C=O) groups excluding carboxylic acids is 2. The Kier molecular flexibility index (Phi) is 5.26. The summed E-state index contributed by atoms with van der Waals surface area (Å²) in [6.07, 6.45) is 1.98. The van der Waals surface area contributed by atoms with Crippen molar-refractivity contribution in [2.75, 3.05) is 39.2 Å². The van der Waals surface area contributed by atoms with Crippen LogP contribution in [-0.4, -0.2) is 57.1 Å². The van der Waals surface area contributed by atoms with Crippen LogP contribution >= 0.6 is 0 Å². The van der Waals surface area contributed by atoms with Crippen molar-refractivity contribution in [3.05, 3.63) is 36.4 Å². The second kappa shape index (κ2) is 7.17. The van der Waals surface area contributed by atoms with Gasteiger partial charge >= 0.3 is 0 Å². The molecule has 0 fully saturated rings. The number of rotatable bonds is 5. The summed E-state index contributed by atoms with van der Waals surface area (Å²) >= 11 is 0. The Balaban J connectivity index is 2.16. The SMILES string of the molecule is C=CCNC(=O)CC1COc2ccc(C(=O)N(C)C)cc2N1C. The third-order valence-electron chi connectivity index (χ3n) is 3.84. The molecule has 0 bridgehead atoms. The van der Waals surface area contributed by atoms with E-state index in [2.05, 4.69) is 11.9 Å². The monoisotopic (exact) mass is 317 g/mol. The van der Waals surface area contributed by atoms with Crippen LogP contribution in [0.15, 0.2) is 30.9 Å². The average molecular weight is 317 g/mol. The molecular weight excluding hydrogens is 294 g/mol. The zero-order valence-corrected chi connectivity index (χ0v) is 13.8. The van der Waals surface area contributed by atoms with Crippen LogP contribution in [0.2, 0.25) is 0 Å². The van der Waals surface area contributed by atoms with Crippen molar-refractivity contribution in [1.82, 2.24) is 10.2 Å². The van der Waals surface area contributed by atoms with E-state index in [1.165, 1.54) is 4.90 Å². The predicted molar refractivity (Wildman–Crippen MR) is 90.0 cm³/mol. The summed E-state index contributed by atoms with van der Waals surface area (Å²) in [4.78, 5) is 27.5. The molecule has 1 N–H and O–H groups in total. The van der Waals surface area contributed by atoms with E-state index in [1.807, 2.05) is 18.0 Å². The van der Waals surface area contributed by atoms with Gasteiger partial charge < -0.3 is 19.9 Å². The normalized spacial score (nSPS) is 16.1. The second-order valence-corrected chi connectivity index (χ2v) is 5.75. The molecule has 0 saturated heterocycles. The van der Waals surface area contributed by atoms with Gasteiger partial charge in [-0.15, -0.1) is 6.58 Å². The number of hydrogen-bond acceptors (Lipinski definition) is 4. The summed E-state index contributed by atoms with van der Waals surface area (Å²) in [6, 6.07) is 5.30. The van der Waals surface area contributed by atoms with Crippen LogP contribution < -0.4 is 15.0 Å². The van der Waals surface area contributed by atoms with Crippen molar-refractivity contribution in [3.63, 3.8) is 0 Å². The molecule has 2 rings (SSSR count). The molecule has 124 valence electrons. The van der Waals surface area contributed by atoms with E-state index in [1.54, 1.807) is 32.3 Å². The van der Waals surface area contributed by atoms with Gasteiger partial charge in [0.1, 0.15) is 12.4 Å². The Hall–Kier alpha value is -2.50. The molecule has 1 aliphatic heterocycles. The second-order valence-electron chi connectivity index (χ2n) is 5.75. The number of amides is 2. The van der Waals surface area contributed by atoms with Gasteiger partial charge in [-0.25, -0.2) is 0 Å². The van der Waals surface area contributed by atoms with Crippen molar-refractivity contribution >= 4 is 17.5 Å². The van der Waals surface area contributed by atoms with Crippen molar-refractivity contribution in [2.24, 2.45) is 0 Å². The van der Waals surface area contributed by atoms with E-state index in [9.17, 15) is 9.59 Å². The molecule has 1 aromatic carbocycles. The maximum absolute atomic E-state index is 12.1. The molecule has 0 saturated carbocycles. The number of fused-ring (bicyclic) bond motifs is 1. The zero-order chi connectivity index (χ0) is 17.0. The summed E-state index contributed by atoms with van der Waals surface area (Å²) < 4.78 is 5.74. The molecule has 1 aromatic rings. The van der Waals surface area contributed by atoms with Crippen LogP contribution in [0.5, 0.6) is 5.75 Å². The van der Waals surface area contributed by atoms with E-state index < -0.39 is 0 Å². The third-order valence-corrected chi connectivity index (χ3v) is 3.84. The fourth-order valence-corrected chi connectivity index (χ4v) is 2.47. The first kappa shape index (κ1) is 16.9. The van der Waals surface area contributed by atoms with Crippen LogP contribution in [0.3, 0.4) is 0 Å². The molecule has 6 nitrogen and oxygen atoms in total. The first-order valence-electron chi connectivity index (χ1n) is 7.53. The first-order chi connectivity index (χ1) is 10.9. The van der Waals surface area contributed by atoms with Gasteiger partial charge in [0.05, 0.1) is 18.2 Å².